The molecule has 4 atom stereocenters. The van der Waals surface area contributed by atoms with Crippen LogP contribution < -0.4 is 11.5 Å². The van der Waals surface area contributed by atoms with Gasteiger partial charge in [-0.05, 0) is 99.7 Å². The fourth-order valence-electron chi connectivity index (χ4n) is 8.04. The van der Waals surface area contributed by atoms with Crippen LogP contribution in [0.15, 0.2) is 0 Å². The highest BCUT2D eigenvalue weighted by Crippen LogP contribution is 2.56. The molecule has 0 aromatic heterocycles. The zero-order chi connectivity index (χ0) is 16.7. The molecule has 4 unspecified atom stereocenters. The van der Waals surface area contributed by atoms with E-state index in [1.54, 1.807) is 0 Å². The summed E-state index contributed by atoms with van der Waals surface area (Å²) in [5, 5.41) is 20.3. The Balaban J connectivity index is 0.000000140. The zero-order valence-electron chi connectivity index (χ0n) is 15.6. The maximum atomic E-state index is 10.2. The minimum Gasteiger partial charge on any atom is -0.390 e. The predicted octanol–water partition coefficient (Wildman–Crippen LogP) is 2.61. The lowest BCUT2D eigenvalue weighted by Crippen LogP contribution is -2.59. The van der Waals surface area contributed by atoms with Crippen molar-refractivity contribution >= 4 is 24.8 Å². The first kappa shape index (κ1) is 21.1. The van der Waals surface area contributed by atoms with Crippen molar-refractivity contribution in [3.05, 3.63) is 0 Å². The number of halogens is 2. The molecule has 0 heterocycles. The standard InChI is InChI=1S/2C10H17NO.2ClH/c2*11-9-7-1-6-2-8(9)5-10(12,3-6)4-7;;/h2*6-9,12H,1-5,11H2;2*1H. The summed E-state index contributed by atoms with van der Waals surface area (Å²) in [6.45, 7) is 0. The SMILES string of the molecule is Cl.Cl.NC1C2CC3CC1CC(O)(C3)C2.NC1C2CC3CC1CC(O)(C3)C2. The molecule has 8 aliphatic rings. The van der Waals surface area contributed by atoms with E-state index < -0.39 is 0 Å². The van der Waals surface area contributed by atoms with Crippen LogP contribution in [0.4, 0.5) is 0 Å². The van der Waals surface area contributed by atoms with Crippen LogP contribution >= 0.6 is 24.8 Å². The molecule has 4 nitrogen and oxygen atoms in total. The topological polar surface area (TPSA) is 92.5 Å². The van der Waals surface area contributed by atoms with E-state index in [-0.39, 0.29) is 36.0 Å². The van der Waals surface area contributed by atoms with Crippen LogP contribution in [-0.4, -0.2) is 33.5 Å². The van der Waals surface area contributed by atoms with Crippen LogP contribution in [0.25, 0.3) is 0 Å². The molecule has 152 valence electrons. The minimum absolute atomic E-state index is 0. The van der Waals surface area contributed by atoms with Crippen LogP contribution in [0.5, 0.6) is 0 Å². The molecular weight excluding hydrogens is 371 g/mol. The monoisotopic (exact) mass is 406 g/mol. The van der Waals surface area contributed by atoms with Gasteiger partial charge in [0.1, 0.15) is 0 Å². The summed E-state index contributed by atoms with van der Waals surface area (Å²) in [4.78, 5) is 0. The second-order valence-corrected chi connectivity index (χ2v) is 10.5. The zero-order valence-corrected chi connectivity index (χ0v) is 17.2. The van der Waals surface area contributed by atoms with Crippen LogP contribution in [0.3, 0.4) is 0 Å². The number of aliphatic hydroxyl groups is 2. The molecular formula is C20H36Cl2N2O2. The Hall–Kier alpha value is 0.420. The Kier molecular flexibility index (Phi) is 5.72. The Morgan fingerprint density at radius 2 is 0.808 bits per heavy atom. The number of hydrogen-bond acceptors (Lipinski definition) is 4. The molecule has 0 aliphatic heterocycles. The molecule has 6 heteroatoms. The molecule has 6 N–H and O–H groups in total. The highest BCUT2D eigenvalue weighted by atomic mass is 35.5. The fraction of sp³-hybridized carbons (Fsp3) is 1.00. The third-order valence-electron chi connectivity index (χ3n) is 8.63. The van der Waals surface area contributed by atoms with Crippen molar-refractivity contribution in [3.63, 3.8) is 0 Å². The maximum absolute atomic E-state index is 10.2. The first-order chi connectivity index (χ1) is 11.3. The third-order valence-corrected chi connectivity index (χ3v) is 8.63. The van der Waals surface area contributed by atoms with Gasteiger partial charge < -0.3 is 21.7 Å². The summed E-state index contributed by atoms with van der Waals surface area (Å²) in [7, 11) is 0. The van der Waals surface area contributed by atoms with Gasteiger partial charge in [-0.15, -0.1) is 24.8 Å². The molecule has 8 aliphatic carbocycles. The molecule has 0 aromatic rings. The molecule has 0 radical (unpaired) electrons. The van der Waals surface area contributed by atoms with Gasteiger partial charge in [0.05, 0.1) is 11.2 Å². The van der Waals surface area contributed by atoms with Crippen LogP contribution in [-0.2, 0) is 0 Å². The molecule has 8 saturated carbocycles. The summed E-state index contributed by atoms with van der Waals surface area (Å²) >= 11 is 0. The molecule has 0 aromatic carbocycles. The van der Waals surface area contributed by atoms with Gasteiger partial charge in [-0.2, -0.15) is 0 Å². The Labute approximate surface area is 169 Å². The van der Waals surface area contributed by atoms with Crippen LogP contribution in [0.2, 0.25) is 0 Å². The number of nitrogens with two attached hydrogens (primary N) is 2. The van der Waals surface area contributed by atoms with E-state index in [1.165, 1.54) is 25.7 Å². The lowest BCUT2D eigenvalue weighted by Gasteiger charge is -2.57. The van der Waals surface area contributed by atoms with Gasteiger partial charge in [-0.1, -0.05) is 0 Å². The minimum atomic E-state index is -0.299. The lowest BCUT2D eigenvalue weighted by atomic mass is 9.52. The normalized spacial score (nSPS) is 57.7. The van der Waals surface area contributed by atoms with Crippen molar-refractivity contribution in [2.75, 3.05) is 0 Å². The van der Waals surface area contributed by atoms with E-state index in [4.69, 9.17) is 11.5 Å². The van der Waals surface area contributed by atoms with Crippen molar-refractivity contribution in [3.8, 4) is 0 Å². The molecule has 8 rings (SSSR count). The summed E-state index contributed by atoms with van der Waals surface area (Å²) < 4.78 is 0. The van der Waals surface area contributed by atoms with Gasteiger partial charge in [0.15, 0.2) is 0 Å². The van der Waals surface area contributed by atoms with Crippen molar-refractivity contribution in [2.24, 2.45) is 47.0 Å². The highest BCUT2D eigenvalue weighted by molar-refractivity contribution is 5.85. The highest BCUT2D eigenvalue weighted by Gasteiger charge is 2.54. The van der Waals surface area contributed by atoms with E-state index in [2.05, 4.69) is 0 Å². The quantitative estimate of drug-likeness (QED) is 0.497. The number of rotatable bonds is 0. The van der Waals surface area contributed by atoms with Gasteiger partial charge in [0, 0.05) is 12.1 Å². The van der Waals surface area contributed by atoms with Crippen molar-refractivity contribution < 1.29 is 10.2 Å². The molecule has 0 amide bonds. The number of hydrogen-bond donors (Lipinski definition) is 4. The Morgan fingerprint density at radius 3 is 1.04 bits per heavy atom. The van der Waals surface area contributed by atoms with Crippen molar-refractivity contribution in [1.29, 1.82) is 0 Å². The molecule has 26 heavy (non-hydrogen) atoms. The van der Waals surface area contributed by atoms with Gasteiger partial charge in [-0.25, -0.2) is 0 Å². The van der Waals surface area contributed by atoms with E-state index in [1.807, 2.05) is 0 Å². The molecule has 8 bridgehead atoms. The largest absolute Gasteiger partial charge is 0.390 e. The first-order valence-electron chi connectivity index (χ1n) is 10.3. The predicted molar refractivity (Wildman–Crippen MR) is 107 cm³/mol. The summed E-state index contributed by atoms with van der Waals surface area (Å²) in [5.41, 5.74) is 11.6. The van der Waals surface area contributed by atoms with Gasteiger partial charge >= 0.3 is 0 Å². The Morgan fingerprint density at radius 1 is 0.538 bits per heavy atom. The second kappa shape index (κ2) is 7.03. The fourth-order valence-corrected chi connectivity index (χ4v) is 8.04. The molecule has 0 saturated heterocycles. The van der Waals surface area contributed by atoms with Gasteiger partial charge in [-0.3, -0.25) is 0 Å². The maximum Gasteiger partial charge on any atom is 0.0657 e. The first-order valence-corrected chi connectivity index (χ1v) is 10.3. The van der Waals surface area contributed by atoms with Crippen LogP contribution in [0.1, 0.15) is 64.2 Å². The lowest BCUT2D eigenvalue weighted by molar-refractivity contribution is -0.133. The average molecular weight is 407 g/mol. The van der Waals surface area contributed by atoms with Crippen LogP contribution in [0, 0.1) is 35.5 Å². The van der Waals surface area contributed by atoms with E-state index in [0.29, 0.717) is 35.8 Å². The molecule has 8 fully saturated rings. The third kappa shape index (κ3) is 3.44. The van der Waals surface area contributed by atoms with E-state index >= 15 is 0 Å². The van der Waals surface area contributed by atoms with Crippen molar-refractivity contribution in [1.82, 2.24) is 0 Å². The average Bonchev–Trinajstić information content (AvgIpc) is 2.47. The Bertz CT molecular complexity index is 456. The van der Waals surface area contributed by atoms with Crippen molar-refractivity contribution in [2.45, 2.75) is 87.5 Å². The molecule has 0 spiro atoms. The second-order valence-electron chi connectivity index (χ2n) is 10.5. The summed E-state index contributed by atoms with van der Waals surface area (Å²) in [5.74, 6) is 4.16. The summed E-state index contributed by atoms with van der Waals surface area (Å²) in [6.07, 6.45) is 11.2. The van der Waals surface area contributed by atoms with E-state index in [0.717, 1.165) is 50.4 Å². The smallest absolute Gasteiger partial charge is 0.0657 e. The van der Waals surface area contributed by atoms with E-state index in [9.17, 15) is 10.2 Å². The van der Waals surface area contributed by atoms with Gasteiger partial charge in [0.25, 0.3) is 0 Å². The summed E-state index contributed by atoms with van der Waals surface area (Å²) in [6, 6.07) is 0.809. The van der Waals surface area contributed by atoms with Gasteiger partial charge in [0.2, 0.25) is 0 Å².